The second kappa shape index (κ2) is 4.34. The van der Waals surface area contributed by atoms with Crippen LogP contribution in [0, 0.1) is 18.8 Å². The molecule has 3 nitrogen and oxygen atoms in total. The maximum Gasteiger partial charge on any atom is 0.160 e. The van der Waals surface area contributed by atoms with E-state index in [1.165, 1.54) is 18.9 Å². The van der Waals surface area contributed by atoms with E-state index in [-0.39, 0.29) is 17.6 Å². The number of para-hydroxylation sites is 1. The number of aliphatic hydroxyl groups excluding tert-OH is 1. The zero-order valence-electron chi connectivity index (χ0n) is 9.43. The van der Waals surface area contributed by atoms with Crippen molar-refractivity contribution in [2.24, 2.45) is 11.8 Å². The third-order valence-electron chi connectivity index (χ3n) is 3.73. The molecule has 0 aromatic heterocycles. The minimum atomic E-state index is -0.0602. The first-order valence-corrected chi connectivity index (χ1v) is 5.75. The number of phenols is 2. The van der Waals surface area contributed by atoms with Gasteiger partial charge >= 0.3 is 0 Å². The van der Waals surface area contributed by atoms with Gasteiger partial charge in [-0.1, -0.05) is 12.1 Å². The van der Waals surface area contributed by atoms with Crippen molar-refractivity contribution in [2.75, 3.05) is 0 Å². The summed E-state index contributed by atoms with van der Waals surface area (Å²) in [6.07, 6.45) is 3.89. The third kappa shape index (κ3) is 2.00. The lowest BCUT2D eigenvalue weighted by Crippen LogP contribution is -2.48. The van der Waals surface area contributed by atoms with Crippen molar-refractivity contribution < 1.29 is 15.3 Å². The quantitative estimate of drug-likeness (QED) is 0.590. The van der Waals surface area contributed by atoms with Crippen LogP contribution in [0.5, 0.6) is 11.5 Å². The van der Waals surface area contributed by atoms with Crippen LogP contribution in [0.1, 0.15) is 24.8 Å². The van der Waals surface area contributed by atoms with E-state index in [9.17, 15) is 0 Å². The minimum absolute atomic E-state index is 0.0301. The Morgan fingerprint density at radius 2 is 1.94 bits per heavy atom. The van der Waals surface area contributed by atoms with E-state index in [1.807, 2.05) is 0 Å². The summed E-state index contributed by atoms with van der Waals surface area (Å²) in [5.74, 6) is 1.59. The second-order valence-electron chi connectivity index (χ2n) is 4.75. The van der Waals surface area contributed by atoms with Gasteiger partial charge in [-0.05, 0) is 49.7 Å². The summed E-state index contributed by atoms with van der Waals surface area (Å²) >= 11 is 0. The molecule has 2 saturated carbocycles. The SMILES string of the molecule is Cc1cccc(O)c1O.OC1CC2CCC12. The molecular formula is C13H18O3. The average molecular weight is 222 g/mol. The molecule has 1 aromatic carbocycles. The predicted octanol–water partition coefficient (Wildman–Crippen LogP) is 2.18. The lowest BCUT2D eigenvalue weighted by atomic mass is 9.58. The molecule has 2 aliphatic carbocycles. The number of hydrogen-bond acceptors (Lipinski definition) is 3. The summed E-state index contributed by atoms with van der Waals surface area (Å²) in [5.41, 5.74) is 0.690. The van der Waals surface area contributed by atoms with Gasteiger partial charge in [0, 0.05) is 0 Å². The molecule has 0 amide bonds. The first-order chi connectivity index (χ1) is 7.59. The molecule has 1 aromatic rings. The molecule has 16 heavy (non-hydrogen) atoms. The Morgan fingerprint density at radius 3 is 2.19 bits per heavy atom. The number of hydrogen-bond donors (Lipinski definition) is 3. The fourth-order valence-corrected chi connectivity index (χ4v) is 2.33. The highest BCUT2D eigenvalue weighted by molar-refractivity contribution is 5.43. The Labute approximate surface area is 95.4 Å². The second-order valence-corrected chi connectivity index (χ2v) is 4.75. The molecule has 0 heterocycles. The summed E-state index contributed by atoms with van der Waals surface area (Å²) < 4.78 is 0. The summed E-state index contributed by atoms with van der Waals surface area (Å²) in [6.45, 7) is 1.73. The van der Waals surface area contributed by atoms with Crippen molar-refractivity contribution in [3.63, 3.8) is 0 Å². The van der Waals surface area contributed by atoms with Gasteiger partial charge in [-0.25, -0.2) is 0 Å². The van der Waals surface area contributed by atoms with Crippen molar-refractivity contribution in [1.82, 2.24) is 0 Å². The molecule has 3 atom stereocenters. The standard InChI is InChI=1S/C7H8O2.C6H10O/c1-5-3-2-4-6(8)7(5)9;7-6-3-4-1-2-5(4)6/h2-4,8-9H,1H3;4-7H,1-3H2. The number of aliphatic hydroxyl groups is 1. The summed E-state index contributed by atoms with van der Waals surface area (Å²) in [6, 6.07) is 4.86. The molecule has 3 heteroatoms. The van der Waals surface area contributed by atoms with Crippen LogP contribution in [-0.2, 0) is 0 Å². The number of aromatic hydroxyl groups is 2. The van der Waals surface area contributed by atoms with Crippen molar-refractivity contribution in [1.29, 1.82) is 0 Å². The smallest absolute Gasteiger partial charge is 0.160 e. The van der Waals surface area contributed by atoms with Crippen LogP contribution in [-0.4, -0.2) is 21.4 Å². The highest BCUT2D eigenvalue weighted by atomic mass is 16.3. The van der Waals surface area contributed by atoms with Gasteiger partial charge in [0.15, 0.2) is 11.5 Å². The summed E-state index contributed by atoms with van der Waals surface area (Å²) in [4.78, 5) is 0. The molecule has 3 rings (SSSR count). The van der Waals surface area contributed by atoms with E-state index in [2.05, 4.69) is 0 Å². The van der Waals surface area contributed by atoms with E-state index >= 15 is 0 Å². The van der Waals surface area contributed by atoms with Gasteiger partial charge in [0.25, 0.3) is 0 Å². The molecule has 3 unspecified atom stereocenters. The number of aryl methyl sites for hydroxylation is 1. The van der Waals surface area contributed by atoms with Crippen LogP contribution in [0.4, 0.5) is 0 Å². The first kappa shape index (κ1) is 11.3. The lowest BCUT2D eigenvalue weighted by Gasteiger charge is -2.50. The largest absolute Gasteiger partial charge is 0.504 e. The van der Waals surface area contributed by atoms with Crippen LogP contribution in [0.25, 0.3) is 0 Å². The van der Waals surface area contributed by atoms with E-state index in [4.69, 9.17) is 15.3 Å². The van der Waals surface area contributed by atoms with Gasteiger partial charge in [0.1, 0.15) is 0 Å². The van der Waals surface area contributed by atoms with Gasteiger partial charge in [0.2, 0.25) is 0 Å². The highest BCUT2D eigenvalue weighted by Crippen LogP contribution is 2.49. The monoisotopic (exact) mass is 222 g/mol. The number of fused-ring (bicyclic) bond motifs is 1. The zero-order chi connectivity index (χ0) is 11.7. The lowest BCUT2D eigenvalue weighted by molar-refractivity contribution is -0.0951. The van der Waals surface area contributed by atoms with Crippen LogP contribution in [0.3, 0.4) is 0 Å². The molecule has 88 valence electrons. The van der Waals surface area contributed by atoms with Crippen LogP contribution in [0.15, 0.2) is 18.2 Å². The maximum atomic E-state index is 8.96. The summed E-state index contributed by atoms with van der Waals surface area (Å²) in [5, 5.41) is 26.7. The van der Waals surface area contributed by atoms with Crippen molar-refractivity contribution >= 4 is 0 Å². The van der Waals surface area contributed by atoms with E-state index in [0.29, 0.717) is 5.56 Å². The molecule has 0 spiro atoms. The molecule has 2 fully saturated rings. The molecule has 0 saturated heterocycles. The predicted molar refractivity (Wildman–Crippen MR) is 61.3 cm³/mol. The summed E-state index contributed by atoms with van der Waals surface area (Å²) in [7, 11) is 0. The van der Waals surface area contributed by atoms with Crippen molar-refractivity contribution in [2.45, 2.75) is 32.3 Å². The van der Waals surface area contributed by atoms with Crippen LogP contribution < -0.4 is 0 Å². The first-order valence-electron chi connectivity index (χ1n) is 5.75. The Hall–Kier alpha value is -1.22. The highest BCUT2D eigenvalue weighted by Gasteiger charge is 2.45. The molecule has 2 aliphatic rings. The van der Waals surface area contributed by atoms with Crippen molar-refractivity contribution in [3.05, 3.63) is 23.8 Å². The van der Waals surface area contributed by atoms with Gasteiger partial charge < -0.3 is 15.3 Å². The Balaban J connectivity index is 0.000000123. The van der Waals surface area contributed by atoms with Gasteiger partial charge in [-0.2, -0.15) is 0 Å². The van der Waals surface area contributed by atoms with E-state index in [1.54, 1.807) is 19.1 Å². The van der Waals surface area contributed by atoms with E-state index < -0.39 is 0 Å². The maximum absolute atomic E-state index is 8.96. The topological polar surface area (TPSA) is 60.7 Å². The molecular weight excluding hydrogens is 204 g/mol. The van der Waals surface area contributed by atoms with Gasteiger partial charge in [-0.15, -0.1) is 0 Å². The molecule has 0 aliphatic heterocycles. The average Bonchev–Trinajstić information content (AvgIpc) is 2.23. The van der Waals surface area contributed by atoms with Crippen LogP contribution >= 0.6 is 0 Å². The number of phenolic OH excluding ortho intramolecular Hbond substituents is 2. The van der Waals surface area contributed by atoms with Gasteiger partial charge in [0.05, 0.1) is 6.10 Å². The molecule has 0 radical (unpaired) electrons. The van der Waals surface area contributed by atoms with Crippen LogP contribution in [0.2, 0.25) is 0 Å². The van der Waals surface area contributed by atoms with E-state index in [0.717, 1.165) is 18.3 Å². The fourth-order valence-electron chi connectivity index (χ4n) is 2.33. The van der Waals surface area contributed by atoms with Crippen molar-refractivity contribution in [3.8, 4) is 11.5 Å². The zero-order valence-corrected chi connectivity index (χ0v) is 9.43. The fraction of sp³-hybridized carbons (Fsp3) is 0.538. The Kier molecular flexibility index (Phi) is 3.06. The number of benzene rings is 1. The Bertz CT molecular complexity index is 351. The number of rotatable bonds is 0. The Morgan fingerprint density at radius 1 is 1.19 bits per heavy atom. The normalized spacial score (nSPS) is 30.2. The molecule has 3 N–H and O–H groups in total. The minimum Gasteiger partial charge on any atom is -0.504 e. The van der Waals surface area contributed by atoms with Gasteiger partial charge in [-0.3, -0.25) is 0 Å². The molecule has 0 bridgehead atoms. The third-order valence-corrected chi connectivity index (χ3v) is 3.73.